The van der Waals surface area contributed by atoms with Gasteiger partial charge in [-0.15, -0.1) is 0 Å². The lowest BCUT2D eigenvalue weighted by Gasteiger charge is -2.19. The third-order valence-corrected chi connectivity index (χ3v) is 4.38. The summed E-state index contributed by atoms with van der Waals surface area (Å²) in [4.78, 5) is 47.3. The van der Waals surface area contributed by atoms with Crippen LogP contribution in [-0.2, 0) is 30.3 Å². The molecule has 0 heterocycles. The minimum atomic E-state index is -1.11. The van der Waals surface area contributed by atoms with Gasteiger partial charge in [0.1, 0.15) is 12.1 Å². The molecule has 0 aliphatic carbocycles. The number of benzene rings is 1. The Morgan fingerprint density at radius 1 is 0.912 bits per heavy atom. The predicted molar refractivity (Wildman–Crippen MR) is 123 cm³/mol. The number of aliphatic carboxylic acids is 1. The van der Waals surface area contributed by atoms with Gasteiger partial charge in [-0.2, -0.15) is 0 Å². The van der Waals surface area contributed by atoms with Crippen molar-refractivity contribution in [3.63, 3.8) is 0 Å². The molecule has 0 amide bonds. The summed E-state index contributed by atoms with van der Waals surface area (Å²) >= 11 is 0. The maximum absolute atomic E-state index is 12.0. The van der Waals surface area contributed by atoms with Crippen molar-refractivity contribution in [3.8, 4) is 11.5 Å². The number of hydrogen-bond donors (Lipinski definition) is 2. The van der Waals surface area contributed by atoms with Crippen molar-refractivity contribution in [3.05, 3.63) is 23.8 Å². The second-order valence-electron chi connectivity index (χ2n) is 8.08. The molecule has 10 heteroatoms. The van der Waals surface area contributed by atoms with Crippen molar-refractivity contribution < 1.29 is 43.2 Å². The van der Waals surface area contributed by atoms with Gasteiger partial charge in [0.15, 0.2) is 11.5 Å². The molecule has 10 nitrogen and oxygen atoms in total. The van der Waals surface area contributed by atoms with Crippen LogP contribution < -0.4 is 14.8 Å². The zero-order valence-electron chi connectivity index (χ0n) is 20.4. The van der Waals surface area contributed by atoms with Gasteiger partial charge in [-0.1, -0.05) is 19.9 Å². The number of esters is 2. The van der Waals surface area contributed by atoms with Crippen LogP contribution >= 0.6 is 0 Å². The molecule has 0 spiro atoms. The Bertz CT molecular complexity index is 838. The van der Waals surface area contributed by atoms with Crippen LogP contribution in [0.5, 0.6) is 11.5 Å². The van der Waals surface area contributed by atoms with E-state index in [-0.39, 0.29) is 43.4 Å². The number of carboxylic acid groups (broad SMARTS) is 1. The molecular weight excluding hydrogens is 446 g/mol. The first-order chi connectivity index (χ1) is 16.0. The topological polar surface area (TPSA) is 137 Å². The van der Waals surface area contributed by atoms with Gasteiger partial charge in [0.2, 0.25) is 0 Å². The molecule has 2 N–H and O–H groups in total. The summed E-state index contributed by atoms with van der Waals surface area (Å²) in [6.45, 7) is 8.73. The number of hydrogen-bond acceptors (Lipinski definition) is 9. The fourth-order valence-corrected chi connectivity index (χ4v) is 2.82. The average molecular weight is 482 g/mol. The van der Waals surface area contributed by atoms with Gasteiger partial charge in [0, 0.05) is 19.4 Å². The molecule has 0 bridgehead atoms. The van der Waals surface area contributed by atoms with Crippen LogP contribution in [0.2, 0.25) is 0 Å². The summed E-state index contributed by atoms with van der Waals surface area (Å²) in [5, 5.41) is 12.5. The maximum Gasteiger partial charge on any atom is 0.508 e. The number of carbonyl (C=O) groups excluding carboxylic acids is 3. The Balaban J connectivity index is 2.92. The van der Waals surface area contributed by atoms with Gasteiger partial charge < -0.3 is 29.4 Å². The molecule has 1 rings (SSSR count). The number of rotatable bonds is 14. The van der Waals surface area contributed by atoms with Crippen molar-refractivity contribution in [1.29, 1.82) is 0 Å². The molecule has 1 aromatic carbocycles. The molecule has 34 heavy (non-hydrogen) atoms. The van der Waals surface area contributed by atoms with Crippen molar-refractivity contribution in [2.75, 3.05) is 6.54 Å². The SMILES string of the molecule is CCCC(=O)Oc1ccc(C[C@H](NCC(C)OC(=O)OC(C)C)C(=O)O)cc1OC(=O)CCC. The van der Waals surface area contributed by atoms with E-state index < -0.39 is 36.2 Å². The van der Waals surface area contributed by atoms with Gasteiger partial charge in [-0.25, -0.2) is 4.79 Å². The van der Waals surface area contributed by atoms with Crippen LogP contribution in [0.15, 0.2) is 18.2 Å². The highest BCUT2D eigenvalue weighted by Crippen LogP contribution is 2.30. The molecule has 2 atom stereocenters. The third kappa shape index (κ3) is 11.1. The van der Waals surface area contributed by atoms with Crippen molar-refractivity contribution in [2.45, 2.75) is 85.0 Å². The maximum atomic E-state index is 12.0. The zero-order chi connectivity index (χ0) is 25.7. The molecule has 0 aliphatic rings. The molecule has 190 valence electrons. The van der Waals surface area contributed by atoms with Gasteiger partial charge in [-0.05, 0) is 57.7 Å². The predicted octanol–water partition coefficient (Wildman–Crippen LogP) is 3.63. The second-order valence-corrected chi connectivity index (χ2v) is 8.08. The molecule has 0 aliphatic heterocycles. The van der Waals surface area contributed by atoms with Crippen molar-refractivity contribution in [2.24, 2.45) is 0 Å². The highest BCUT2D eigenvalue weighted by molar-refractivity contribution is 5.77. The summed E-state index contributed by atoms with van der Waals surface area (Å²) in [6.07, 6.45) is -0.167. The Labute approximate surface area is 199 Å². The zero-order valence-corrected chi connectivity index (χ0v) is 20.4. The standard InChI is InChI=1S/C24H35NO9/c1-6-8-21(26)33-19-11-10-17(13-20(19)34-22(27)9-7-2)12-18(23(28)29)25-14-16(5)32-24(30)31-15(3)4/h10-11,13,15-16,18,25H,6-9,12,14H2,1-5H3,(H,28,29)/t16?,18-/m0/s1. The Hall–Kier alpha value is -3.14. The average Bonchev–Trinajstić information content (AvgIpc) is 2.72. The summed E-state index contributed by atoms with van der Waals surface area (Å²) < 4.78 is 20.7. The first-order valence-corrected chi connectivity index (χ1v) is 11.4. The molecule has 0 saturated carbocycles. The van der Waals surface area contributed by atoms with Gasteiger partial charge >= 0.3 is 24.1 Å². The van der Waals surface area contributed by atoms with Gasteiger partial charge in [-0.3, -0.25) is 14.4 Å². The quantitative estimate of drug-likeness (QED) is 0.299. The van der Waals surface area contributed by atoms with Crippen molar-refractivity contribution in [1.82, 2.24) is 5.32 Å². The van der Waals surface area contributed by atoms with Crippen LogP contribution in [0.25, 0.3) is 0 Å². The molecule has 1 aromatic rings. The van der Waals surface area contributed by atoms with Crippen LogP contribution in [0.1, 0.15) is 65.9 Å². The Morgan fingerprint density at radius 3 is 2.03 bits per heavy atom. The summed E-state index contributed by atoms with van der Waals surface area (Å²) in [5.74, 6) is -1.91. The molecule has 1 unspecified atom stereocenters. The number of nitrogens with one attached hydrogen (secondary N) is 1. The minimum absolute atomic E-state index is 0.0417. The van der Waals surface area contributed by atoms with Crippen molar-refractivity contribution >= 4 is 24.1 Å². The van der Waals surface area contributed by atoms with E-state index in [1.165, 1.54) is 12.1 Å². The normalized spacial score (nSPS) is 12.5. The minimum Gasteiger partial charge on any atom is -0.480 e. The fourth-order valence-electron chi connectivity index (χ4n) is 2.82. The van der Waals surface area contributed by atoms with Gasteiger partial charge in [0.25, 0.3) is 0 Å². The number of carboxylic acids is 1. The van der Waals surface area contributed by atoms with Crippen LogP contribution in [0, 0.1) is 0 Å². The summed E-state index contributed by atoms with van der Waals surface area (Å²) in [5.41, 5.74) is 0.544. The monoisotopic (exact) mass is 481 g/mol. The highest BCUT2D eigenvalue weighted by atomic mass is 16.7. The number of ether oxygens (including phenoxy) is 4. The lowest BCUT2D eigenvalue weighted by Crippen LogP contribution is -2.42. The molecule has 0 fully saturated rings. The van der Waals surface area contributed by atoms with E-state index in [4.69, 9.17) is 18.9 Å². The Kier molecular flexibility index (Phi) is 12.7. The van der Waals surface area contributed by atoms with E-state index in [1.807, 2.05) is 13.8 Å². The molecule has 0 saturated heterocycles. The van der Waals surface area contributed by atoms with Crippen LogP contribution in [-0.4, -0.2) is 54.0 Å². The van der Waals surface area contributed by atoms with E-state index in [2.05, 4.69) is 5.32 Å². The lowest BCUT2D eigenvalue weighted by molar-refractivity contribution is -0.139. The van der Waals surface area contributed by atoms with E-state index >= 15 is 0 Å². The van der Waals surface area contributed by atoms with E-state index in [0.717, 1.165) is 0 Å². The highest BCUT2D eigenvalue weighted by Gasteiger charge is 2.22. The van der Waals surface area contributed by atoms with Crippen LogP contribution in [0.3, 0.4) is 0 Å². The molecule has 0 radical (unpaired) electrons. The largest absolute Gasteiger partial charge is 0.508 e. The molecular formula is C24H35NO9. The van der Waals surface area contributed by atoms with E-state index in [1.54, 1.807) is 26.8 Å². The number of carbonyl (C=O) groups is 4. The summed E-state index contributed by atoms with van der Waals surface area (Å²) in [6, 6.07) is 3.55. The first kappa shape index (κ1) is 28.9. The first-order valence-electron chi connectivity index (χ1n) is 11.4. The smallest absolute Gasteiger partial charge is 0.480 e. The Morgan fingerprint density at radius 2 is 1.50 bits per heavy atom. The van der Waals surface area contributed by atoms with E-state index in [0.29, 0.717) is 18.4 Å². The lowest BCUT2D eigenvalue weighted by atomic mass is 10.0. The van der Waals surface area contributed by atoms with E-state index in [9.17, 15) is 24.3 Å². The van der Waals surface area contributed by atoms with Gasteiger partial charge in [0.05, 0.1) is 6.10 Å². The fraction of sp³-hybridized carbons (Fsp3) is 0.583. The summed E-state index contributed by atoms with van der Waals surface area (Å²) in [7, 11) is 0. The third-order valence-electron chi connectivity index (χ3n) is 4.38. The van der Waals surface area contributed by atoms with Crippen LogP contribution in [0.4, 0.5) is 4.79 Å². The second kappa shape index (κ2) is 14.9. The molecule has 0 aromatic heterocycles.